The molecule has 1 rings (SSSR count). The molecular formula is C74H131N19O19. The SMILES string of the molecule is CC(C)C[C@H](NC(=O)[C@H](CC(=O)O)NC(=O)[C@@H](N)CCCCN)C(=O)N[C@@H](CCCCN)C(=O)N[C@H](C(=O)N[C@H](C(=O)N[C@@H](C)C(=O)N[C@@H](C)C(=O)N[C@H](C(=O)N[C@@H](Cc1ccc(O)cc1)C(=O)N[C@H](C(=O)N[C@@H](CCCCN)C(=O)N[C@@H](CCCCN)C(=O)N[C@@H](CCCCN)C(=O)O)C(C)C)[C@@H](C)O)C(C)C)C(C)C. The summed E-state index contributed by atoms with van der Waals surface area (Å²) in [6, 6.07) is -14.2. The molecule has 1 aromatic carbocycles. The second kappa shape index (κ2) is 53.7. The average Bonchev–Trinajstić information content (AvgIpc) is 0.847. The highest BCUT2D eigenvalue weighted by molar-refractivity contribution is 6.00. The summed E-state index contributed by atoms with van der Waals surface area (Å²) in [7, 11) is 0. The van der Waals surface area contributed by atoms with Crippen molar-refractivity contribution in [2.75, 3.05) is 32.7 Å². The van der Waals surface area contributed by atoms with Crippen molar-refractivity contribution in [3.05, 3.63) is 29.8 Å². The molecule has 112 heavy (non-hydrogen) atoms. The van der Waals surface area contributed by atoms with E-state index in [-0.39, 0.29) is 76.2 Å². The maximum absolute atomic E-state index is 14.6. The number of nitrogens with two attached hydrogens (primary N) is 6. The number of aliphatic hydroxyl groups excluding tert-OH is 1. The van der Waals surface area contributed by atoms with Crippen LogP contribution < -0.4 is 104 Å². The molecule has 0 spiro atoms. The van der Waals surface area contributed by atoms with Gasteiger partial charge in [-0.2, -0.15) is 0 Å². The van der Waals surface area contributed by atoms with E-state index in [1.807, 2.05) is 0 Å². The maximum Gasteiger partial charge on any atom is 0.326 e. The lowest BCUT2D eigenvalue weighted by Gasteiger charge is -2.30. The summed E-state index contributed by atoms with van der Waals surface area (Å²) in [6.45, 7) is 18.1. The van der Waals surface area contributed by atoms with Crippen molar-refractivity contribution >= 4 is 88.7 Å². The van der Waals surface area contributed by atoms with E-state index in [4.69, 9.17) is 34.4 Å². The minimum absolute atomic E-state index is 0.000262. The predicted octanol–water partition coefficient (Wildman–Crippen LogP) is -3.80. The lowest BCUT2D eigenvalue weighted by Crippen LogP contribution is -2.62. The molecule has 636 valence electrons. The number of nitrogens with one attached hydrogen (secondary N) is 13. The Bertz CT molecular complexity index is 3180. The fourth-order valence-electron chi connectivity index (χ4n) is 11.5. The number of carboxylic acid groups (broad SMARTS) is 2. The topological polar surface area (TPSA) is 649 Å². The van der Waals surface area contributed by atoms with Gasteiger partial charge < -0.3 is 124 Å². The number of aromatic hydroxyl groups is 1. The van der Waals surface area contributed by atoms with Gasteiger partial charge in [0.25, 0.3) is 0 Å². The van der Waals surface area contributed by atoms with Crippen molar-refractivity contribution in [2.24, 2.45) is 58.1 Å². The zero-order valence-corrected chi connectivity index (χ0v) is 66.9. The van der Waals surface area contributed by atoms with E-state index in [2.05, 4.69) is 69.1 Å². The molecule has 0 bridgehead atoms. The molecule has 0 heterocycles. The fraction of sp³-hybridized carbons (Fsp3) is 0.716. The van der Waals surface area contributed by atoms with Crippen LogP contribution in [0.3, 0.4) is 0 Å². The number of hydrogen-bond donors (Lipinski definition) is 23. The van der Waals surface area contributed by atoms with Gasteiger partial charge >= 0.3 is 11.9 Å². The lowest BCUT2D eigenvalue weighted by molar-refractivity contribution is -0.142. The monoisotopic (exact) mass is 1590 g/mol. The van der Waals surface area contributed by atoms with Crippen molar-refractivity contribution in [2.45, 2.75) is 282 Å². The van der Waals surface area contributed by atoms with E-state index in [9.17, 15) is 92.3 Å². The Morgan fingerprint density at radius 1 is 0.330 bits per heavy atom. The molecule has 0 aliphatic carbocycles. The third kappa shape index (κ3) is 38.3. The van der Waals surface area contributed by atoms with Gasteiger partial charge in [-0.05, 0) is 191 Å². The number of rotatable bonds is 57. The minimum Gasteiger partial charge on any atom is -0.508 e. The van der Waals surface area contributed by atoms with Gasteiger partial charge in [-0.15, -0.1) is 0 Å². The van der Waals surface area contributed by atoms with Gasteiger partial charge in [-0.1, -0.05) is 73.9 Å². The molecule has 0 fully saturated rings. The maximum atomic E-state index is 14.6. The molecule has 0 aromatic heterocycles. The molecule has 0 saturated carbocycles. The van der Waals surface area contributed by atoms with Gasteiger partial charge in [0.2, 0.25) is 76.8 Å². The van der Waals surface area contributed by atoms with Crippen molar-refractivity contribution in [3.63, 3.8) is 0 Å². The molecule has 0 unspecified atom stereocenters. The third-order valence-electron chi connectivity index (χ3n) is 18.3. The van der Waals surface area contributed by atoms with Gasteiger partial charge in [0, 0.05) is 6.42 Å². The van der Waals surface area contributed by atoms with E-state index in [1.54, 1.807) is 55.4 Å². The first-order valence-electron chi connectivity index (χ1n) is 38.8. The highest BCUT2D eigenvalue weighted by atomic mass is 16.4. The molecule has 0 radical (unpaired) electrons. The Morgan fingerprint density at radius 2 is 0.625 bits per heavy atom. The number of hydrogen-bond acceptors (Lipinski definition) is 23. The number of phenols is 1. The van der Waals surface area contributed by atoms with Crippen LogP contribution in [0.5, 0.6) is 5.75 Å². The van der Waals surface area contributed by atoms with Crippen LogP contribution in [-0.2, 0) is 78.3 Å². The Labute approximate surface area is 656 Å². The van der Waals surface area contributed by atoms with Crippen molar-refractivity contribution in [3.8, 4) is 5.75 Å². The largest absolute Gasteiger partial charge is 0.508 e. The van der Waals surface area contributed by atoms with Crippen LogP contribution in [-0.4, -0.2) is 233 Å². The summed E-state index contributed by atoms with van der Waals surface area (Å²) in [5.41, 5.74) is 34.8. The molecule has 38 nitrogen and oxygen atoms in total. The molecule has 1 aromatic rings. The van der Waals surface area contributed by atoms with E-state index in [0.29, 0.717) is 82.9 Å². The van der Waals surface area contributed by atoms with Crippen molar-refractivity contribution in [1.29, 1.82) is 0 Å². The number of aliphatic carboxylic acids is 2. The molecule has 15 atom stereocenters. The normalized spacial score (nSPS) is 15.4. The second-order valence-corrected chi connectivity index (χ2v) is 29.8. The van der Waals surface area contributed by atoms with Crippen molar-refractivity contribution < 1.29 is 92.3 Å². The van der Waals surface area contributed by atoms with Crippen LogP contribution >= 0.6 is 0 Å². The number of benzene rings is 1. The van der Waals surface area contributed by atoms with Gasteiger partial charge in [0.1, 0.15) is 84.3 Å². The van der Waals surface area contributed by atoms with E-state index in [0.717, 1.165) is 6.92 Å². The van der Waals surface area contributed by atoms with Crippen LogP contribution in [0.2, 0.25) is 0 Å². The van der Waals surface area contributed by atoms with Crippen molar-refractivity contribution in [1.82, 2.24) is 69.1 Å². The molecular weight excluding hydrogens is 1460 g/mol. The average molecular weight is 1590 g/mol. The van der Waals surface area contributed by atoms with Gasteiger partial charge in [-0.25, -0.2) is 4.79 Å². The number of carbonyl (C=O) groups is 15. The molecule has 13 amide bonds. The Kier molecular flexibility index (Phi) is 48.3. The number of phenolic OH excluding ortho intramolecular Hbond substituents is 1. The van der Waals surface area contributed by atoms with Crippen LogP contribution in [0.25, 0.3) is 0 Å². The summed E-state index contributed by atoms with van der Waals surface area (Å²) in [5, 5.41) is 73.8. The summed E-state index contributed by atoms with van der Waals surface area (Å²) in [5.74, 6) is -16.8. The number of carbonyl (C=O) groups excluding carboxylic acids is 13. The summed E-state index contributed by atoms with van der Waals surface area (Å²) < 4.78 is 0. The summed E-state index contributed by atoms with van der Waals surface area (Å²) in [6.07, 6.45) is 1.81. The second-order valence-electron chi connectivity index (χ2n) is 29.8. The highest BCUT2D eigenvalue weighted by Gasteiger charge is 2.39. The zero-order valence-electron chi connectivity index (χ0n) is 66.9. The van der Waals surface area contributed by atoms with Crippen LogP contribution in [0.4, 0.5) is 0 Å². The van der Waals surface area contributed by atoms with E-state index >= 15 is 0 Å². The first kappa shape index (κ1) is 101. The first-order chi connectivity index (χ1) is 52.7. The Morgan fingerprint density at radius 3 is 1.03 bits per heavy atom. The first-order valence-corrected chi connectivity index (χ1v) is 38.8. The number of amides is 13. The third-order valence-corrected chi connectivity index (χ3v) is 18.3. The van der Waals surface area contributed by atoms with Crippen LogP contribution in [0, 0.1) is 23.7 Å². The highest BCUT2D eigenvalue weighted by Crippen LogP contribution is 2.17. The Balaban J connectivity index is 3.45. The molecule has 0 aliphatic heterocycles. The van der Waals surface area contributed by atoms with Crippen LogP contribution in [0.1, 0.15) is 191 Å². The van der Waals surface area contributed by atoms with Crippen LogP contribution in [0.15, 0.2) is 24.3 Å². The fourth-order valence-corrected chi connectivity index (χ4v) is 11.5. The molecule has 38 heteroatoms. The predicted molar refractivity (Wildman–Crippen MR) is 416 cm³/mol. The number of carboxylic acids is 2. The summed E-state index contributed by atoms with van der Waals surface area (Å²) in [4.78, 5) is 206. The molecule has 29 N–H and O–H groups in total. The zero-order chi connectivity index (χ0) is 85.1. The van der Waals surface area contributed by atoms with E-state index in [1.165, 1.54) is 38.1 Å². The van der Waals surface area contributed by atoms with Gasteiger partial charge in [-0.3, -0.25) is 67.1 Å². The number of unbranched alkanes of at least 4 members (excludes halogenated alkanes) is 5. The summed E-state index contributed by atoms with van der Waals surface area (Å²) >= 11 is 0. The number of aliphatic hydroxyl groups is 1. The van der Waals surface area contributed by atoms with E-state index < -0.39 is 204 Å². The standard InChI is InChI=1S/C74H131N19O19/c1-39(2)36-53(88-68(105)55(38-56(96)97)87-63(100)48(80)22-12-17-31-75)67(104)84-51(25-15-20-34-78)66(103)90-59(42(7)8)72(109)92-57(40(3)4)70(107)82-43(9)61(98)81-44(10)62(99)93-60(45(11)94)73(110)89-54(37-46-27-29-47(95)30-28-46)69(106)91-58(41(5)6)71(108)85-50(24-14-19-33-77)64(101)83-49(23-13-18-32-76)65(102)86-52(74(111)112)26-16-21-35-79/h27-30,39-45,48-55,57-60,94-95H,12-26,31-38,75-80H2,1-11H3,(H,81,98)(H,82,107)(H,83,101)(H,84,104)(H,85,108)(H,86,102)(H,87,100)(H,88,105)(H,89,110)(H,90,103)(H,91,106)(H,92,109)(H,93,99)(H,96,97)(H,111,112)/t43-,44-,45+,48-,49-,50-,51-,52-,53-,54-,55-,57-,58-,59-,60-/m0/s1. The molecule has 0 aliphatic rings. The van der Waals surface area contributed by atoms with Gasteiger partial charge in [0.15, 0.2) is 0 Å². The molecule has 0 saturated heterocycles. The minimum atomic E-state index is -1.82. The van der Waals surface area contributed by atoms with Gasteiger partial charge in [0.05, 0.1) is 18.6 Å². The Hall–Kier alpha value is -9.21. The lowest BCUT2D eigenvalue weighted by atomic mass is 9.98. The quantitative estimate of drug-likeness (QED) is 0.0278. The smallest absolute Gasteiger partial charge is 0.326 e.